The van der Waals surface area contributed by atoms with Crippen LogP contribution in [0.25, 0.3) is 16.8 Å². The number of carbonyl (C=O) groups excluding carboxylic acids is 2. The number of fused-ring (bicyclic) bond motifs is 1. The third-order valence-electron chi connectivity index (χ3n) is 4.76. The second-order valence-electron chi connectivity index (χ2n) is 6.79. The summed E-state index contributed by atoms with van der Waals surface area (Å²) in [7, 11) is 0. The Morgan fingerprint density at radius 2 is 2.24 bits per heavy atom. The van der Waals surface area contributed by atoms with E-state index >= 15 is 0 Å². The zero-order chi connectivity index (χ0) is 20.5. The van der Waals surface area contributed by atoms with Crippen LogP contribution in [0.1, 0.15) is 12.5 Å². The third-order valence-corrected chi connectivity index (χ3v) is 4.76. The fraction of sp³-hybridized carbons (Fsp3) is 0.250. The predicted molar refractivity (Wildman–Crippen MR) is 103 cm³/mol. The molecule has 8 nitrogen and oxygen atoms in total. The highest BCUT2D eigenvalue weighted by atomic mass is 19.1. The monoisotopic (exact) mass is 398 g/mol. The number of hydrogen-bond acceptors (Lipinski definition) is 5. The van der Waals surface area contributed by atoms with Crippen molar-refractivity contribution in [3.63, 3.8) is 0 Å². The minimum atomic E-state index is -0.588. The molecular weight excluding hydrogens is 379 g/mol. The number of cyclic esters (lactones) is 1. The maximum Gasteiger partial charge on any atom is 0.414 e. The van der Waals surface area contributed by atoms with Crippen LogP contribution in [0, 0.1) is 5.82 Å². The lowest BCUT2D eigenvalue weighted by molar-refractivity contribution is -0.119. The number of benzene rings is 1. The highest BCUT2D eigenvalue weighted by Crippen LogP contribution is 2.30. The summed E-state index contributed by atoms with van der Waals surface area (Å²) >= 11 is 0. The molecule has 2 aromatic heterocycles. The van der Waals surface area contributed by atoms with Gasteiger partial charge in [0.2, 0.25) is 5.91 Å². The van der Waals surface area contributed by atoms with E-state index in [1.54, 1.807) is 41.2 Å². The average Bonchev–Trinajstić information content (AvgIpc) is 3.31. The van der Waals surface area contributed by atoms with Gasteiger partial charge in [0.15, 0.2) is 0 Å². The molecule has 1 fully saturated rings. The summed E-state index contributed by atoms with van der Waals surface area (Å²) in [5.74, 6) is -0.726. The van der Waals surface area contributed by atoms with Crippen molar-refractivity contribution in [2.45, 2.75) is 19.6 Å². The molecule has 0 bridgehead atoms. The highest BCUT2D eigenvalue weighted by molar-refractivity contribution is 5.90. The predicted octanol–water partition coefficient (Wildman–Crippen LogP) is 2.09. The molecule has 0 radical (unpaired) electrons. The van der Waals surface area contributed by atoms with E-state index in [0.717, 1.165) is 0 Å². The van der Waals surface area contributed by atoms with Crippen LogP contribution in [0.4, 0.5) is 14.9 Å². The Labute approximate surface area is 165 Å². The van der Waals surface area contributed by atoms with Gasteiger partial charge in [-0.05, 0) is 24.3 Å². The summed E-state index contributed by atoms with van der Waals surface area (Å²) in [6.07, 6.45) is 3.97. The van der Waals surface area contributed by atoms with Gasteiger partial charge in [-0.25, -0.2) is 14.2 Å². The van der Waals surface area contributed by atoms with Gasteiger partial charge in [-0.2, -0.15) is 0 Å². The van der Waals surface area contributed by atoms with Crippen molar-refractivity contribution in [3.05, 3.63) is 54.2 Å². The minimum absolute atomic E-state index is 0.201. The topological polar surface area (TPSA) is 96.2 Å². The molecule has 2 amide bonds. The van der Waals surface area contributed by atoms with E-state index in [-0.39, 0.29) is 25.6 Å². The lowest BCUT2D eigenvalue weighted by atomic mass is 10.0. The first-order chi connectivity index (χ1) is 14.0. The van der Waals surface area contributed by atoms with E-state index in [4.69, 9.17) is 4.74 Å². The van der Waals surface area contributed by atoms with Gasteiger partial charge in [-0.15, -0.1) is 0 Å². The van der Waals surface area contributed by atoms with Crippen molar-refractivity contribution in [2.75, 3.05) is 18.0 Å². The van der Waals surface area contributed by atoms with Crippen molar-refractivity contribution < 1.29 is 23.8 Å². The molecule has 1 aliphatic rings. The summed E-state index contributed by atoms with van der Waals surface area (Å²) < 4.78 is 21.8. The number of aliphatic hydroxyl groups excluding tert-OH is 1. The van der Waals surface area contributed by atoms with Gasteiger partial charge in [0.25, 0.3) is 0 Å². The van der Waals surface area contributed by atoms with E-state index in [9.17, 15) is 19.1 Å². The average molecular weight is 398 g/mol. The van der Waals surface area contributed by atoms with Crippen molar-refractivity contribution in [3.8, 4) is 11.1 Å². The largest absolute Gasteiger partial charge is 0.442 e. The van der Waals surface area contributed by atoms with Crippen LogP contribution in [-0.4, -0.2) is 45.7 Å². The number of imidazole rings is 1. The molecule has 0 spiro atoms. The van der Waals surface area contributed by atoms with E-state index < -0.39 is 18.0 Å². The lowest BCUT2D eigenvalue weighted by Crippen LogP contribution is -2.33. The minimum Gasteiger partial charge on any atom is -0.442 e. The van der Waals surface area contributed by atoms with E-state index in [2.05, 4.69) is 10.3 Å². The van der Waals surface area contributed by atoms with Gasteiger partial charge < -0.3 is 19.6 Å². The SMILES string of the molecule is CC(=O)NC[C@H]1CN(c2ccc(-c3cc(CO)c4nccn4c3)c(F)c2)C(=O)O1. The Kier molecular flexibility index (Phi) is 4.89. The summed E-state index contributed by atoms with van der Waals surface area (Å²) in [5.41, 5.74) is 2.48. The number of carbonyl (C=O) groups is 2. The molecule has 2 N–H and O–H groups in total. The zero-order valence-corrected chi connectivity index (χ0v) is 15.6. The number of halogens is 1. The number of nitrogens with zero attached hydrogens (tertiary/aromatic N) is 3. The van der Waals surface area contributed by atoms with Crippen molar-refractivity contribution in [1.29, 1.82) is 0 Å². The summed E-state index contributed by atoms with van der Waals surface area (Å²) in [6, 6.07) is 6.18. The maximum absolute atomic E-state index is 14.9. The van der Waals surface area contributed by atoms with Crippen LogP contribution in [0.5, 0.6) is 0 Å². The number of amides is 2. The molecule has 1 atom stereocenters. The van der Waals surface area contributed by atoms with Crippen LogP contribution < -0.4 is 10.2 Å². The van der Waals surface area contributed by atoms with Gasteiger partial charge >= 0.3 is 6.09 Å². The first-order valence-corrected chi connectivity index (χ1v) is 9.05. The molecule has 1 aliphatic heterocycles. The molecule has 0 unspecified atom stereocenters. The number of rotatable bonds is 5. The number of hydrogen-bond donors (Lipinski definition) is 2. The van der Waals surface area contributed by atoms with E-state index in [0.29, 0.717) is 28.0 Å². The molecular formula is C20H19FN4O4. The molecule has 3 aromatic rings. The molecule has 29 heavy (non-hydrogen) atoms. The fourth-order valence-corrected chi connectivity index (χ4v) is 3.37. The zero-order valence-electron chi connectivity index (χ0n) is 15.6. The van der Waals surface area contributed by atoms with E-state index in [1.165, 1.54) is 17.9 Å². The number of ether oxygens (including phenoxy) is 1. The van der Waals surface area contributed by atoms with Gasteiger partial charge in [0.05, 0.1) is 25.4 Å². The quantitative estimate of drug-likeness (QED) is 0.686. The van der Waals surface area contributed by atoms with Gasteiger partial charge in [-0.1, -0.05) is 0 Å². The van der Waals surface area contributed by atoms with Gasteiger partial charge in [0, 0.05) is 42.2 Å². The number of pyridine rings is 1. The Bertz CT molecular complexity index is 1100. The first kappa shape index (κ1) is 18.9. The molecule has 1 aromatic carbocycles. The fourth-order valence-electron chi connectivity index (χ4n) is 3.37. The number of aliphatic hydroxyl groups is 1. The lowest BCUT2D eigenvalue weighted by Gasteiger charge is -2.15. The van der Waals surface area contributed by atoms with E-state index in [1.807, 2.05) is 0 Å². The number of aromatic nitrogens is 2. The van der Waals surface area contributed by atoms with Crippen LogP contribution in [0.3, 0.4) is 0 Å². The standard InChI is InChI=1S/C20H19FN4O4/c1-12(27)23-8-16-10-25(20(28)29-16)15-2-3-17(18(21)7-15)13-6-14(11-26)19-22-4-5-24(19)9-13/h2-7,9,16,26H,8,10-11H2,1H3,(H,23,27)/t16-/m0/s1. The third kappa shape index (κ3) is 3.64. The molecule has 4 rings (SSSR count). The number of nitrogens with one attached hydrogen (secondary N) is 1. The first-order valence-electron chi connectivity index (χ1n) is 9.05. The second kappa shape index (κ2) is 7.51. The normalized spacial score (nSPS) is 16.3. The Morgan fingerprint density at radius 3 is 2.97 bits per heavy atom. The summed E-state index contributed by atoms with van der Waals surface area (Å²) in [4.78, 5) is 28.7. The van der Waals surface area contributed by atoms with Crippen LogP contribution in [0.15, 0.2) is 42.9 Å². The van der Waals surface area contributed by atoms with Crippen LogP contribution in [-0.2, 0) is 16.1 Å². The van der Waals surface area contributed by atoms with Gasteiger partial charge in [-0.3, -0.25) is 9.69 Å². The summed E-state index contributed by atoms with van der Waals surface area (Å²) in [5, 5.41) is 12.2. The number of anilines is 1. The van der Waals surface area contributed by atoms with Crippen molar-refractivity contribution >= 4 is 23.3 Å². The smallest absolute Gasteiger partial charge is 0.414 e. The van der Waals surface area contributed by atoms with Crippen molar-refractivity contribution in [1.82, 2.24) is 14.7 Å². The Morgan fingerprint density at radius 1 is 1.41 bits per heavy atom. The maximum atomic E-state index is 14.9. The summed E-state index contributed by atoms with van der Waals surface area (Å²) in [6.45, 7) is 1.58. The molecule has 1 saturated heterocycles. The molecule has 9 heteroatoms. The molecule has 0 saturated carbocycles. The van der Waals surface area contributed by atoms with Crippen LogP contribution in [0.2, 0.25) is 0 Å². The van der Waals surface area contributed by atoms with Gasteiger partial charge in [0.1, 0.15) is 17.6 Å². The van der Waals surface area contributed by atoms with Crippen LogP contribution >= 0.6 is 0 Å². The molecule has 3 heterocycles. The van der Waals surface area contributed by atoms with Crippen molar-refractivity contribution in [2.24, 2.45) is 0 Å². The molecule has 0 aliphatic carbocycles. The second-order valence-corrected chi connectivity index (χ2v) is 6.79. The highest BCUT2D eigenvalue weighted by Gasteiger charge is 2.32. The Balaban J connectivity index is 1.60. The molecule has 150 valence electrons. The Hall–Kier alpha value is -3.46.